The SMILES string of the molecule is CC.COC(=O)C(C)(C)c1ccc(C2(CCCN3CCC(OC(c4ccccc4)c4ccccc4)CC3)OCCO2)cc1. The fourth-order valence-electron chi connectivity index (χ4n) is 6.03. The van der Waals surface area contributed by atoms with Crippen LogP contribution in [0.25, 0.3) is 0 Å². The van der Waals surface area contributed by atoms with E-state index in [0.29, 0.717) is 13.2 Å². The molecule has 0 aromatic heterocycles. The van der Waals surface area contributed by atoms with Crippen molar-refractivity contribution in [1.29, 1.82) is 0 Å². The van der Waals surface area contributed by atoms with Crippen LogP contribution in [0.3, 0.4) is 0 Å². The molecule has 0 spiro atoms. The largest absolute Gasteiger partial charge is 0.468 e. The average molecular weight is 588 g/mol. The smallest absolute Gasteiger partial charge is 0.315 e. The fraction of sp³-hybridized carbons (Fsp3) is 0.486. The normalized spacial score (nSPS) is 17.3. The van der Waals surface area contributed by atoms with Crippen LogP contribution in [0.2, 0.25) is 0 Å². The van der Waals surface area contributed by atoms with Crippen LogP contribution in [0, 0.1) is 0 Å². The molecule has 232 valence electrons. The molecule has 2 saturated heterocycles. The van der Waals surface area contributed by atoms with Crippen molar-refractivity contribution in [3.8, 4) is 0 Å². The molecule has 6 nitrogen and oxygen atoms in total. The van der Waals surface area contributed by atoms with Gasteiger partial charge in [-0.05, 0) is 56.3 Å². The minimum atomic E-state index is -0.728. The van der Waals surface area contributed by atoms with Gasteiger partial charge in [0.05, 0.1) is 31.8 Å². The predicted octanol–water partition coefficient (Wildman–Crippen LogP) is 7.41. The number of carbonyl (C=O) groups excluding carboxylic acids is 1. The van der Waals surface area contributed by atoms with Crippen LogP contribution in [-0.2, 0) is 34.9 Å². The molecule has 0 atom stereocenters. The van der Waals surface area contributed by atoms with E-state index in [4.69, 9.17) is 18.9 Å². The van der Waals surface area contributed by atoms with E-state index in [-0.39, 0.29) is 18.2 Å². The van der Waals surface area contributed by atoms with Crippen LogP contribution in [0.1, 0.15) is 81.7 Å². The summed E-state index contributed by atoms with van der Waals surface area (Å²) in [5, 5.41) is 0. The molecule has 0 amide bonds. The van der Waals surface area contributed by atoms with Gasteiger partial charge in [0.2, 0.25) is 0 Å². The molecule has 3 aromatic rings. The molecule has 2 aliphatic heterocycles. The molecular weight excluding hydrogens is 538 g/mol. The number of carbonyl (C=O) groups is 1. The quantitative estimate of drug-likeness (QED) is 0.218. The Hall–Kier alpha value is -3.03. The third kappa shape index (κ3) is 8.12. The molecule has 5 rings (SSSR count). The van der Waals surface area contributed by atoms with Gasteiger partial charge in [-0.3, -0.25) is 4.79 Å². The number of benzene rings is 3. The van der Waals surface area contributed by atoms with Gasteiger partial charge in [-0.2, -0.15) is 0 Å². The van der Waals surface area contributed by atoms with Gasteiger partial charge in [-0.15, -0.1) is 0 Å². The molecule has 3 aromatic carbocycles. The van der Waals surface area contributed by atoms with Crippen molar-refractivity contribution in [3.63, 3.8) is 0 Å². The number of likely N-dealkylation sites (tertiary alicyclic amines) is 1. The number of piperidine rings is 1. The van der Waals surface area contributed by atoms with Gasteiger partial charge in [-0.25, -0.2) is 0 Å². The Bertz CT molecular complexity index is 1190. The standard InChI is InChI=1S/C35H43NO5.C2H6/c1-34(2,33(37)38-3)29-15-17-30(18-16-29)35(39-25-26-40-35)21-10-22-36-23-19-31(20-24-36)41-32(27-11-6-4-7-12-27)28-13-8-5-9-14-28;1-2/h4-9,11-18,31-32H,10,19-26H2,1-3H3;1-2H3. The first-order chi connectivity index (χ1) is 20.9. The summed E-state index contributed by atoms with van der Waals surface area (Å²) >= 11 is 0. The Kier molecular flexibility index (Phi) is 11.9. The lowest BCUT2D eigenvalue weighted by atomic mass is 9.83. The number of methoxy groups -OCH3 is 1. The molecular formula is C37H49NO5. The lowest BCUT2D eigenvalue weighted by Crippen LogP contribution is -2.39. The maximum Gasteiger partial charge on any atom is 0.315 e. The number of hydrogen-bond donors (Lipinski definition) is 0. The molecule has 2 aliphatic rings. The second kappa shape index (κ2) is 15.6. The van der Waals surface area contributed by atoms with Gasteiger partial charge < -0.3 is 23.8 Å². The van der Waals surface area contributed by atoms with Gasteiger partial charge in [-0.1, -0.05) is 98.8 Å². The number of rotatable bonds is 11. The zero-order valence-electron chi connectivity index (χ0n) is 26.6. The molecule has 2 fully saturated rings. The minimum absolute atomic E-state index is 0.0462. The second-order valence-corrected chi connectivity index (χ2v) is 11.6. The number of hydrogen-bond acceptors (Lipinski definition) is 6. The molecule has 0 aliphatic carbocycles. The van der Waals surface area contributed by atoms with Crippen LogP contribution >= 0.6 is 0 Å². The van der Waals surface area contributed by atoms with Crippen molar-refractivity contribution >= 4 is 5.97 Å². The van der Waals surface area contributed by atoms with Crippen molar-refractivity contribution in [3.05, 3.63) is 107 Å². The first kappa shape index (κ1) is 32.9. The molecule has 6 heteroatoms. The van der Waals surface area contributed by atoms with Crippen LogP contribution in [-0.4, -0.2) is 56.9 Å². The topological polar surface area (TPSA) is 57.2 Å². The monoisotopic (exact) mass is 587 g/mol. The van der Waals surface area contributed by atoms with Crippen LogP contribution in [0.4, 0.5) is 0 Å². The van der Waals surface area contributed by atoms with Gasteiger partial charge in [0, 0.05) is 25.1 Å². The van der Waals surface area contributed by atoms with Crippen molar-refractivity contribution in [1.82, 2.24) is 4.90 Å². The summed E-state index contributed by atoms with van der Waals surface area (Å²) in [5.74, 6) is -0.980. The summed E-state index contributed by atoms with van der Waals surface area (Å²) in [6.45, 7) is 12.0. The van der Waals surface area contributed by atoms with Crippen LogP contribution in [0.15, 0.2) is 84.9 Å². The summed E-state index contributed by atoms with van der Waals surface area (Å²) in [6, 6.07) is 29.1. The summed E-state index contributed by atoms with van der Waals surface area (Å²) in [4.78, 5) is 14.8. The molecule has 0 bridgehead atoms. The first-order valence-corrected chi connectivity index (χ1v) is 15.9. The van der Waals surface area contributed by atoms with Gasteiger partial charge in [0.15, 0.2) is 5.79 Å². The third-order valence-corrected chi connectivity index (χ3v) is 8.54. The Morgan fingerprint density at radius 3 is 1.93 bits per heavy atom. The van der Waals surface area contributed by atoms with Gasteiger partial charge in [0.1, 0.15) is 6.10 Å². The van der Waals surface area contributed by atoms with Crippen molar-refractivity contribution in [2.75, 3.05) is 40.0 Å². The Morgan fingerprint density at radius 1 is 0.884 bits per heavy atom. The number of ether oxygens (including phenoxy) is 4. The lowest BCUT2D eigenvalue weighted by Gasteiger charge is -2.35. The van der Waals surface area contributed by atoms with Crippen LogP contribution < -0.4 is 0 Å². The molecule has 43 heavy (non-hydrogen) atoms. The average Bonchev–Trinajstić information content (AvgIpc) is 3.55. The van der Waals surface area contributed by atoms with Crippen molar-refractivity contribution in [2.24, 2.45) is 0 Å². The highest BCUT2D eigenvalue weighted by atomic mass is 16.7. The van der Waals surface area contributed by atoms with E-state index in [1.165, 1.54) is 18.2 Å². The summed E-state index contributed by atoms with van der Waals surface area (Å²) in [7, 11) is 1.43. The Morgan fingerprint density at radius 2 is 1.42 bits per heavy atom. The van der Waals surface area contributed by atoms with Gasteiger partial charge in [0.25, 0.3) is 0 Å². The molecule has 0 N–H and O–H groups in total. The van der Waals surface area contributed by atoms with Crippen LogP contribution in [0.5, 0.6) is 0 Å². The summed E-state index contributed by atoms with van der Waals surface area (Å²) in [6.07, 6.45) is 3.98. The third-order valence-electron chi connectivity index (χ3n) is 8.54. The Labute approximate surface area is 258 Å². The van der Waals surface area contributed by atoms with E-state index < -0.39 is 11.2 Å². The number of esters is 1. The van der Waals surface area contributed by atoms with E-state index in [0.717, 1.165) is 56.4 Å². The van der Waals surface area contributed by atoms with E-state index in [2.05, 4.69) is 65.6 Å². The highest BCUT2D eigenvalue weighted by Crippen LogP contribution is 2.38. The fourth-order valence-corrected chi connectivity index (χ4v) is 6.03. The van der Waals surface area contributed by atoms with E-state index >= 15 is 0 Å². The molecule has 2 heterocycles. The number of nitrogens with zero attached hydrogens (tertiary/aromatic N) is 1. The zero-order valence-corrected chi connectivity index (χ0v) is 26.6. The zero-order chi connectivity index (χ0) is 30.7. The van der Waals surface area contributed by atoms with Crippen molar-refractivity contribution < 1.29 is 23.7 Å². The van der Waals surface area contributed by atoms with E-state index in [1.54, 1.807) is 0 Å². The van der Waals surface area contributed by atoms with E-state index in [9.17, 15) is 4.79 Å². The van der Waals surface area contributed by atoms with E-state index in [1.807, 2.05) is 52.0 Å². The molecule has 0 radical (unpaired) electrons. The molecule has 0 unspecified atom stereocenters. The second-order valence-electron chi connectivity index (χ2n) is 11.6. The first-order valence-electron chi connectivity index (χ1n) is 15.9. The maximum atomic E-state index is 12.2. The maximum absolute atomic E-state index is 12.2. The highest BCUT2D eigenvalue weighted by molar-refractivity contribution is 5.82. The van der Waals surface area contributed by atoms with Crippen molar-refractivity contribution in [2.45, 2.75) is 76.8 Å². The predicted molar refractivity (Wildman–Crippen MR) is 171 cm³/mol. The highest BCUT2D eigenvalue weighted by Gasteiger charge is 2.39. The minimum Gasteiger partial charge on any atom is -0.468 e. The summed E-state index contributed by atoms with van der Waals surface area (Å²) < 4.78 is 24.1. The lowest BCUT2D eigenvalue weighted by molar-refractivity contribution is -0.172. The van der Waals surface area contributed by atoms with Gasteiger partial charge >= 0.3 is 5.97 Å². The summed E-state index contributed by atoms with van der Waals surface area (Å²) in [5.41, 5.74) is 3.60. The molecule has 0 saturated carbocycles. The Balaban J connectivity index is 0.00000207.